The lowest BCUT2D eigenvalue weighted by molar-refractivity contribution is -0.107. The summed E-state index contributed by atoms with van der Waals surface area (Å²) in [6.45, 7) is 6.47. The molecule has 0 aliphatic heterocycles. The highest BCUT2D eigenvalue weighted by molar-refractivity contribution is 7.10. The van der Waals surface area contributed by atoms with E-state index in [1.807, 2.05) is 42.3 Å². The number of para-hydroxylation sites is 1. The number of hydrogen-bond donors (Lipinski definition) is 2. The highest BCUT2D eigenvalue weighted by atomic mass is 35.5. The Morgan fingerprint density at radius 1 is 1.08 bits per heavy atom. The third-order valence-corrected chi connectivity index (χ3v) is 7.20. The second-order valence-electron chi connectivity index (χ2n) is 9.88. The highest BCUT2D eigenvalue weighted by Crippen LogP contribution is 2.30. The lowest BCUT2D eigenvalue weighted by Gasteiger charge is -2.23. The van der Waals surface area contributed by atoms with Crippen LogP contribution in [-0.4, -0.2) is 46.3 Å². The minimum atomic E-state index is -0.329. The van der Waals surface area contributed by atoms with Crippen molar-refractivity contribution in [3.8, 4) is 0 Å². The average molecular weight is 565 g/mol. The van der Waals surface area contributed by atoms with Gasteiger partial charge in [0.15, 0.2) is 5.15 Å². The molecule has 0 aliphatic carbocycles. The number of anilines is 5. The molecule has 10 nitrogen and oxygen atoms in total. The molecule has 1 aromatic carbocycles. The maximum atomic E-state index is 12.8. The van der Waals surface area contributed by atoms with Gasteiger partial charge < -0.3 is 20.4 Å². The molecule has 0 atom stereocenters. The normalized spacial score (nSPS) is 11.1. The summed E-state index contributed by atoms with van der Waals surface area (Å²) in [6.07, 6.45) is 3.84. The molecule has 3 heterocycles. The zero-order chi connectivity index (χ0) is 28.2. The van der Waals surface area contributed by atoms with E-state index in [0.717, 1.165) is 10.7 Å². The Hall–Kier alpha value is -4.09. The van der Waals surface area contributed by atoms with Crippen LogP contribution in [0.1, 0.15) is 41.8 Å². The average Bonchev–Trinajstić information content (AvgIpc) is 3.42. The SMILES string of the molecule is CN(C=O)c1nc(Nc2ccccc2)ncc1CN(C)c1cc(NC(=O)c2csc(C(C)(C)C)n2)cnc1Cl. The number of nitrogens with zero attached hydrogens (tertiary/aromatic N) is 6. The summed E-state index contributed by atoms with van der Waals surface area (Å²) in [6, 6.07) is 11.2. The van der Waals surface area contributed by atoms with Gasteiger partial charge in [0.25, 0.3) is 5.91 Å². The van der Waals surface area contributed by atoms with Gasteiger partial charge in [-0.05, 0) is 18.2 Å². The number of carbonyl (C=O) groups excluding carboxylic acids is 2. The number of halogens is 1. The van der Waals surface area contributed by atoms with E-state index in [0.29, 0.717) is 47.4 Å². The standard InChI is InChI=1S/C27H29ClN8O2S/c1-27(2,3)25-33-20(15-39-25)24(38)31-19-11-21(22(28)29-13-19)35(4)14-17-12-30-26(34-23(17)36(5)16-37)32-18-9-7-6-8-10-18/h6-13,15-16H,14H2,1-5H3,(H,31,38)(H,30,32,34). The van der Waals surface area contributed by atoms with Gasteiger partial charge in [-0.2, -0.15) is 4.98 Å². The lowest BCUT2D eigenvalue weighted by Crippen LogP contribution is -2.23. The van der Waals surface area contributed by atoms with E-state index in [1.165, 1.54) is 22.4 Å². The summed E-state index contributed by atoms with van der Waals surface area (Å²) in [7, 11) is 3.45. The van der Waals surface area contributed by atoms with Crippen LogP contribution in [0.2, 0.25) is 5.15 Å². The third kappa shape index (κ3) is 6.87. The molecule has 2 N–H and O–H groups in total. The van der Waals surface area contributed by atoms with E-state index < -0.39 is 0 Å². The molecular weight excluding hydrogens is 536 g/mol. The Morgan fingerprint density at radius 2 is 1.82 bits per heavy atom. The van der Waals surface area contributed by atoms with Crippen molar-refractivity contribution in [3.05, 3.63) is 75.6 Å². The van der Waals surface area contributed by atoms with Gasteiger partial charge in [0.05, 0.1) is 22.6 Å². The summed E-state index contributed by atoms with van der Waals surface area (Å²) in [4.78, 5) is 45.4. The second kappa shape index (κ2) is 11.7. The molecule has 202 valence electrons. The van der Waals surface area contributed by atoms with Gasteiger partial charge in [-0.3, -0.25) is 9.59 Å². The van der Waals surface area contributed by atoms with Crippen LogP contribution < -0.4 is 20.4 Å². The minimum Gasteiger partial charge on any atom is -0.368 e. The van der Waals surface area contributed by atoms with Gasteiger partial charge in [0.1, 0.15) is 11.5 Å². The molecule has 4 aromatic rings. The topological polar surface area (TPSA) is 116 Å². The number of rotatable bonds is 9. The van der Waals surface area contributed by atoms with Crippen LogP contribution in [0.25, 0.3) is 0 Å². The Bertz CT molecular complexity index is 1470. The fraction of sp³-hybridized carbons (Fsp3) is 0.259. The fourth-order valence-corrected chi connectivity index (χ4v) is 4.74. The first-order valence-electron chi connectivity index (χ1n) is 12.1. The summed E-state index contributed by atoms with van der Waals surface area (Å²) in [5, 5.41) is 8.87. The Morgan fingerprint density at radius 3 is 2.49 bits per heavy atom. The maximum Gasteiger partial charge on any atom is 0.275 e. The van der Waals surface area contributed by atoms with Crippen LogP contribution in [0.4, 0.5) is 28.8 Å². The molecule has 0 spiro atoms. The predicted octanol–water partition coefficient (Wildman–Crippen LogP) is 5.50. The van der Waals surface area contributed by atoms with E-state index in [4.69, 9.17) is 11.6 Å². The zero-order valence-electron chi connectivity index (χ0n) is 22.3. The molecule has 3 aromatic heterocycles. The Kier molecular flexibility index (Phi) is 8.41. The molecule has 0 saturated heterocycles. The van der Waals surface area contributed by atoms with Crippen molar-refractivity contribution in [1.82, 2.24) is 19.9 Å². The quantitative estimate of drug-likeness (QED) is 0.202. The van der Waals surface area contributed by atoms with Crippen molar-refractivity contribution in [2.45, 2.75) is 32.7 Å². The first-order valence-corrected chi connectivity index (χ1v) is 13.3. The number of pyridine rings is 1. The van der Waals surface area contributed by atoms with Gasteiger partial charge in [-0.1, -0.05) is 50.6 Å². The highest BCUT2D eigenvalue weighted by Gasteiger charge is 2.21. The van der Waals surface area contributed by atoms with E-state index in [9.17, 15) is 9.59 Å². The Labute approximate surface area is 236 Å². The number of hydrogen-bond acceptors (Lipinski definition) is 9. The summed E-state index contributed by atoms with van der Waals surface area (Å²) < 4.78 is 0. The molecule has 4 rings (SSSR count). The van der Waals surface area contributed by atoms with Crippen molar-refractivity contribution in [2.24, 2.45) is 0 Å². The monoisotopic (exact) mass is 564 g/mol. The Balaban J connectivity index is 1.53. The van der Waals surface area contributed by atoms with Crippen molar-refractivity contribution in [1.29, 1.82) is 0 Å². The van der Waals surface area contributed by atoms with Gasteiger partial charge in [-0.25, -0.2) is 15.0 Å². The lowest BCUT2D eigenvalue weighted by atomic mass is 9.98. The zero-order valence-corrected chi connectivity index (χ0v) is 23.8. The first-order chi connectivity index (χ1) is 18.5. The predicted molar refractivity (Wildman–Crippen MR) is 156 cm³/mol. The molecule has 39 heavy (non-hydrogen) atoms. The molecule has 0 fully saturated rings. The van der Waals surface area contributed by atoms with Crippen LogP contribution in [-0.2, 0) is 16.8 Å². The second-order valence-corrected chi connectivity index (χ2v) is 11.1. The smallest absolute Gasteiger partial charge is 0.275 e. The van der Waals surface area contributed by atoms with Crippen molar-refractivity contribution in [3.63, 3.8) is 0 Å². The van der Waals surface area contributed by atoms with Gasteiger partial charge in [-0.15, -0.1) is 11.3 Å². The molecule has 0 aliphatic rings. The molecule has 0 unspecified atom stereocenters. The molecule has 0 saturated carbocycles. The van der Waals surface area contributed by atoms with Gasteiger partial charge in [0.2, 0.25) is 12.4 Å². The van der Waals surface area contributed by atoms with Crippen LogP contribution in [0.3, 0.4) is 0 Å². The van der Waals surface area contributed by atoms with Gasteiger partial charge >= 0.3 is 0 Å². The van der Waals surface area contributed by atoms with Crippen molar-refractivity contribution in [2.75, 3.05) is 34.5 Å². The van der Waals surface area contributed by atoms with E-state index in [2.05, 4.69) is 51.3 Å². The summed E-state index contributed by atoms with van der Waals surface area (Å²) in [5.74, 6) is 0.471. The van der Waals surface area contributed by atoms with E-state index >= 15 is 0 Å². The van der Waals surface area contributed by atoms with Crippen LogP contribution in [0.5, 0.6) is 0 Å². The van der Waals surface area contributed by atoms with Crippen LogP contribution in [0.15, 0.2) is 54.2 Å². The first kappa shape index (κ1) is 27.9. The molecule has 0 bridgehead atoms. The molecule has 2 amide bonds. The van der Waals surface area contributed by atoms with Crippen LogP contribution >= 0.6 is 22.9 Å². The molecule has 0 radical (unpaired) electrons. The van der Waals surface area contributed by atoms with Crippen molar-refractivity contribution >= 4 is 64.1 Å². The number of benzene rings is 1. The van der Waals surface area contributed by atoms with E-state index in [1.54, 1.807) is 24.7 Å². The minimum absolute atomic E-state index is 0.142. The largest absolute Gasteiger partial charge is 0.368 e. The maximum absolute atomic E-state index is 12.8. The summed E-state index contributed by atoms with van der Waals surface area (Å²) in [5.41, 5.74) is 2.77. The van der Waals surface area contributed by atoms with Crippen LogP contribution in [0, 0.1) is 0 Å². The number of thiazole rings is 1. The van der Waals surface area contributed by atoms with Gasteiger partial charge in [0, 0.05) is 48.9 Å². The number of amides is 2. The van der Waals surface area contributed by atoms with Crippen molar-refractivity contribution < 1.29 is 9.59 Å². The number of nitrogens with one attached hydrogen (secondary N) is 2. The third-order valence-electron chi connectivity index (χ3n) is 5.64. The molecular formula is C27H29ClN8O2S. The fourth-order valence-electron chi connectivity index (χ4n) is 3.61. The number of carbonyl (C=O) groups is 2. The van der Waals surface area contributed by atoms with E-state index in [-0.39, 0.29) is 16.5 Å². The summed E-state index contributed by atoms with van der Waals surface area (Å²) >= 11 is 7.88. The molecule has 12 heteroatoms. The number of aromatic nitrogens is 4.